The monoisotopic (exact) mass is 274 g/mol. The van der Waals surface area contributed by atoms with E-state index in [1.807, 2.05) is 11.8 Å². The SMILES string of the molecule is Cc1cc(C#N)cc(N2CCN(C(C)C(=O)O)CC2)n1. The quantitative estimate of drug-likeness (QED) is 0.880. The maximum absolute atomic E-state index is 11.0. The van der Waals surface area contributed by atoms with Crippen LogP contribution in [0.5, 0.6) is 0 Å². The standard InChI is InChI=1S/C14H18N4O2/c1-10-7-12(9-15)8-13(16-10)18-5-3-17(4-6-18)11(2)14(19)20/h7-8,11H,3-6H2,1-2H3,(H,19,20). The van der Waals surface area contributed by atoms with Crippen molar-refractivity contribution in [2.45, 2.75) is 19.9 Å². The summed E-state index contributed by atoms with van der Waals surface area (Å²) in [4.78, 5) is 19.5. The second-order valence-electron chi connectivity index (χ2n) is 5.00. The maximum atomic E-state index is 11.0. The Morgan fingerprint density at radius 3 is 2.60 bits per heavy atom. The van der Waals surface area contributed by atoms with Gasteiger partial charge in [-0.3, -0.25) is 9.69 Å². The maximum Gasteiger partial charge on any atom is 0.320 e. The zero-order valence-electron chi connectivity index (χ0n) is 11.7. The molecule has 0 saturated carbocycles. The Morgan fingerprint density at radius 1 is 1.40 bits per heavy atom. The van der Waals surface area contributed by atoms with Crippen LogP contribution in [0.2, 0.25) is 0 Å². The lowest BCUT2D eigenvalue weighted by Crippen LogP contribution is -2.52. The molecule has 1 saturated heterocycles. The van der Waals surface area contributed by atoms with Gasteiger partial charge in [-0.05, 0) is 26.0 Å². The van der Waals surface area contributed by atoms with Crippen molar-refractivity contribution in [3.05, 3.63) is 23.4 Å². The Kier molecular flexibility index (Phi) is 4.20. The predicted molar refractivity (Wildman–Crippen MR) is 74.6 cm³/mol. The van der Waals surface area contributed by atoms with Crippen LogP contribution in [-0.4, -0.2) is 53.2 Å². The topological polar surface area (TPSA) is 80.5 Å². The zero-order valence-corrected chi connectivity index (χ0v) is 11.7. The van der Waals surface area contributed by atoms with Crippen molar-refractivity contribution in [2.75, 3.05) is 31.1 Å². The average molecular weight is 274 g/mol. The van der Waals surface area contributed by atoms with Crippen molar-refractivity contribution in [3.8, 4) is 6.07 Å². The molecule has 1 fully saturated rings. The van der Waals surface area contributed by atoms with Crippen LogP contribution in [0.15, 0.2) is 12.1 Å². The fourth-order valence-corrected chi connectivity index (χ4v) is 2.37. The summed E-state index contributed by atoms with van der Waals surface area (Å²) in [6.45, 7) is 6.39. The summed E-state index contributed by atoms with van der Waals surface area (Å²) in [5.41, 5.74) is 1.43. The Labute approximate surface area is 118 Å². The molecule has 1 atom stereocenters. The molecule has 1 unspecified atom stereocenters. The lowest BCUT2D eigenvalue weighted by Gasteiger charge is -2.37. The number of rotatable bonds is 3. The molecule has 0 aromatic carbocycles. The Morgan fingerprint density at radius 2 is 2.05 bits per heavy atom. The highest BCUT2D eigenvalue weighted by Crippen LogP contribution is 2.17. The van der Waals surface area contributed by atoms with Crippen molar-refractivity contribution >= 4 is 11.8 Å². The van der Waals surface area contributed by atoms with Gasteiger partial charge in [0.15, 0.2) is 0 Å². The van der Waals surface area contributed by atoms with Gasteiger partial charge in [0.25, 0.3) is 0 Å². The Bertz CT molecular complexity index is 545. The molecule has 1 aromatic rings. The summed E-state index contributed by atoms with van der Waals surface area (Å²) >= 11 is 0. The van der Waals surface area contributed by atoms with Gasteiger partial charge in [-0.25, -0.2) is 4.98 Å². The van der Waals surface area contributed by atoms with Gasteiger partial charge in [0.05, 0.1) is 11.6 Å². The largest absolute Gasteiger partial charge is 0.480 e. The van der Waals surface area contributed by atoms with Crippen molar-refractivity contribution in [1.29, 1.82) is 5.26 Å². The summed E-state index contributed by atoms with van der Waals surface area (Å²) < 4.78 is 0. The van der Waals surface area contributed by atoms with E-state index in [1.54, 1.807) is 19.1 Å². The first-order valence-corrected chi connectivity index (χ1v) is 6.62. The van der Waals surface area contributed by atoms with Crippen molar-refractivity contribution in [2.24, 2.45) is 0 Å². The highest BCUT2D eigenvalue weighted by atomic mass is 16.4. The lowest BCUT2D eigenvalue weighted by molar-refractivity contribution is -0.142. The van der Waals surface area contributed by atoms with Crippen LogP contribution in [0.25, 0.3) is 0 Å². The number of hydrogen-bond donors (Lipinski definition) is 1. The molecule has 0 spiro atoms. The number of aryl methyl sites for hydroxylation is 1. The first kappa shape index (κ1) is 14.3. The third-order valence-corrected chi connectivity index (χ3v) is 3.61. The summed E-state index contributed by atoms with van der Waals surface area (Å²) in [6, 6.07) is 5.21. The molecule has 1 aliphatic heterocycles. The minimum absolute atomic E-state index is 0.461. The van der Waals surface area contributed by atoms with Crippen LogP contribution in [0, 0.1) is 18.3 Å². The predicted octanol–water partition coefficient (Wildman–Crippen LogP) is 0.857. The van der Waals surface area contributed by atoms with Crippen LogP contribution in [-0.2, 0) is 4.79 Å². The Balaban J connectivity index is 2.06. The number of nitriles is 1. The molecule has 0 amide bonds. The van der Waals surface area contributed by atoms with Crippen molar-refractivity contribution < 1.29 is 9.90 Å². The number of carboxylic acid groups (broad SMARTS) is 1. The normalized spacial score (nSPS) is 17.6. The summed E-state index contributed by atoms with van der Waals surface area (Å²) in [5, 5.41) is 18.0. The van der Waals surface area contributed by atoms with Gasteiger partial charge in [-0.1, -0.05) is 0 Å². The van der Waals surface area contributed by atoms with Gasteiger partial charge in [-0.2, -0.15) is 5.26 Å². The van der Waals surface area contributed by atoms with Gasteiger partial charge < -0.3 is 10.0 Å². The molecule has 0 bridgehead atoms. The van der Waals surface area contributed by atoms with Gasteiger partial charge in [0.2, 0.25) is 0 Å². The minimum atomic E-state index is -0.793. The van der Waals surface area contributed by atoms with E-state index in [9.17, 15) is 4.79 Å². The number of piperazine rings is 1. The van der Waals surface area contributed by atoms with Crippen LogP contribution in [0.3, 0.4) is 0 Å². The van der Waals surface area contributed by atoms with E-state index in [4.69, 9.17) is 10.4 Å². The molecule has 0 radical (unpaired) electrons. The fraction of sp³-hybridized carbons (Fsp3) is 0.500. The van der Waals surface area contributed by atoms with Gasteiger partial charge in [-0.15, -0.1) is 0 Å². The summed E-state index contributed by atoms with van der Waals surface area (Å²) in [7, 11) is 0. The number of carboxylic acids is 1. The zero-order chi connectivity index (χ0) is 14.7. The molecule has 1 aromatic heterocycles. The van der Waals surface area contributed by atoms with Crippen LogP contribution >= 0.6 is 0 Å². The van der Waals surface area contributed by atoms with Crippen molar-refractivity contribution in [3.63, 3.8) is 0 Å². The highest BCUT2D eigenvalue weighted by Gasteiger charge is 2.25. The lowest BCUT2D eigenvalue weighted by atomic mass is 10.2. The number of aliphatic carboxylic acids is 1. The van der Waals surface area contributed by atoms with E-state index < -0.39 is 12.0 Å². The van der Waals surface area contributed by atoms with E-state index in [-0.39, 0.29) is 0 Å². The van der Waals surface area contributed by atoms with Crippen molar-refractivity contribution in [1.82, 2.24) is 9.88 Å². The van der Waals surface area contributed by atoms with Crippen LogP contribution in [0.4, 0.5) is 5.82 Å². The molecule has 20 heavy (non-hydrogen) atoms. The molecule has 1 aliphatic rings. The number of hydrogen-bond acceptors (Lipinski definition) is 5. The first-order valence-electron chi connectivity index (χ1n) is 6.62. The summed E-state index contributed by atoms with van der Waals surface area (Å²) in [6.07, 6.45) is 0. The van der Waals surface area contributed by atoms with E-state index in [0.717, 1.165) is 24.6 Å². The minimum Gasteiger partial charge on any atom is -0.480 e. The van der Waals surface area contributed by atoms with Gasteiger partial charge in [0, 0.05) is 31.9 Å². The second-order valence-corrected chi connectivity index (χ2v) is 5.00. The fourth-order valence-electron chi connectivity index (χ4n) is 2.37. The highest BCUT2D eigenvalue weighted by molar-refractivity contribution is 5.72. The third kappa shape index (κ3) is 3.06. The summed E-state index contributed by atoms with van der Waals surface area (Å²) in [5.74, 6) is 0.00285. The number of pyridine rings is 1. The van der Waals surface area contributed by atoms with E-state index in [2.05, 4.69) is 16.0 Å². The first-order chi connectivity index (χ1) is 9.51. The van der Waals surface area contributed by atoms with Crippen LogP contribution < -0.4 is 4.90 Å². The van der Waals surface area contributed by atoms with E-state index >= 15 is 0 Å². The smallest absolute Gasteiger partial charge is 0.320 e. The molecule has 2 heterocycles. The van der Waals surface area contributed by atoms with Gasteiger partial charge in [0.1, 0.15) is 11.9 Å². The Hall–Kier alpha value is -2.13. The van der Waals surface area contributed by atoms with Crippen LogP contribution in [0.1, 0.15) is 18.2 Å². The third-order valence-electron chi connectivity index (χ3n) is 3.61. The average Bonchev–Trinajstić information content (AvgIpc) is 2.45. The number of nitrogens with zero attached hydrogens (tertiary/aromatic N) is 4. The van der Waals surface area contributed by atoms with E-state index in [1.165, 1.54) is 0 Å². The molecule has 0 aliphatic carbocycles. The molecule has 6 heteroatoms. The molecule has 1 N–H and O–H groups in total. The molecule has 106 valence electrons. The van der Waals surface area contributed by atoms with E-state index in [0.29, 0.717) is 18.7 Å². The number of aromatic nitrogens is 1. The second kappa shape index (κ2) is 5.88. The molecular formula is C14H18N4O2. The van der Waals surface area contributed by atoms with Gasteiger partial charge >= 0.3 is 5.97 Å². The molecule has 6 nitrogen and oxygen atoms in total. The molecular weight excluding hydrogens is 256 g/mol. The number of carbonyl (C=O) groups is 1. The number of anilines is 1. The molecule has 2 rings (SSSR count).